The van der Waals surface area contributed by atoms with Gasteiger partial charge in [0, 0.05) is 22.8 Å². The molecule has 110 valence electrons. The first kappa shape index (κ1) is 15.6. The number of para-hydroxylation sites is 1. The normalized spacial score (nSPS) is 12.0. The topological polar surface area (TPSA) is 20.3 Å². The van der Waals surface area contributed by atoms with Gasteiger partial charge >= 0.3 is 0 Å². The van der Waals surface area contributed by atoms with Crippen LogP contribution in [-0.4, -0.2) is 18.4 Å². The van der Waals surface area contributed by atoms with Crippen LogP contribution in [0.15, 0.2) is 48.5 Å². The molecule has 0 spiro atoms. The Morgan fingerprint density at radius 1 is 1.14 bits per heavy atom. The van der Waals surface area contributed by atoms with Crippen LogP contribution in [0.1, 0.15) is 29.8 Å². The molecule has 0 fully saturated rings. The summed E-state index contributed by atoms with van der Waals surface area (Å²) in [6, 6.07) is 15.0. The van der Waals surface area contributed by atoms with E-state index in [0.717, 1.165) is 12.2 Å². The molecule has 0 aliphatic carbocycles. The molecular formula is C18H20ClNO. The Labute approximate surface area is 131 Å². The lowest BCUT2D eigenvalue weighted by Gasteiger charge is -2.30. The quantitative estimate of drug-likeness (QED) is 0.743. The van der Waals surface area contributed by atoms with Crippen LogP contribution >= 0.6 is 11.6 Å². The van der Waals surface area contributed by atoms with Crippen molar-refractivity contribution in [1.82, 2.24) is 0 Å². The number of nitrogens with zero attached hydrogens (tertiary/aromatic N) is 1. The molecule has 0 heterocycles. The molecule has 1 unspecified atom stereocenters. The zero-order valence-electron chi connectivity index (χ0n) is 12.6. The van der Waals surface area contributed by atoms with Gasteiger partial charge in [0.1, 0.15) is 0 Å². The molecule has 21 heavy (non-hydrogen) atoms. The van der Waals surface area contributed by atoms with Gasteiger partial charge in [0.15, 0.2) is 5.78 Å². The number of benzene rings is 2. The van der Waals surface area contributed by atoms with E-state index in [1.54, 1.807) is 24.3 Å². The molecule has 3 heteroatoms. The maximum absolute atomic E-state index is 12.7. The van der Waals surface area contributed by atoms with Crippen LogP contribution in [0, 0.1) is 6.92 Å². The van der Waals surface area contributed by atoms with E-state index < -0.39 is 0 Å². The summed E-state index contributed by atoms with van der Waals surface area (Å²) in [5.74, 6) is 0.108. The van der Waals surface area contributed by atoms with Gasteiger partial charge in [-0.1, -0.05) is 29.8 Å². The van der Waals surface area contributed by atoms with Crippen LogP contribution in [0.5, 0.6) is 0 Å². The van der Waals surface area contributed by atoms with E-state index >= 15 is 0 Å². The Kier molecular flexibility index (Phi) is 5.03. The Hall–Kier alpha value is -1.80. The minimum atomic E-state index is -0.211. The van der Waals surface area contributed by atoms with E-state index in [1.807, 2.05) is 19.1 Å². The standard InChI is InChI=1S/C18H20ClNO/c1-4-20(17-8-6-5-7-13(17)2)14(3)18(21)15-9-11-16(19)12-10-15/h5-12,14H,4H2,1-3H3. The van der Waals surface area contributed by atoms with Gasteiger partial charge in [-0.2, -0.15) is 0 Å². The number of rotatable bonds is 5. The van der Waals surface area contributed by atoms with Gasteiger partial charge < -0.3 is 4.90 Å². The lowest BCUT2D eigenvalue weighted by Crippen LogP contribution is -2.39. The van der Waals surface area contributed by atoms with E-state index in [-0.39, 0.29) is 11.8 Å². The number of hydrogen-bond acceptors (Lipinski definition) is 2. The summed E-state index contributed by atoms with van der Waals surface area (Å²) in [6.07, 6.45) is 0. The fourth-order valence-electron chi connectivity index (χ4n) is 2.54. The second kappa shape index (κ2) is 6.77. The van der Waals surface area contributed by atoms with Gasteiger partial charge in [-0.05, 0) is 56.7 Å². The molecule has 1 atom stereocenters. The number of halogens is 1. The fourth-order valence-corrected chi connectivity index (χ4v) is 2.66. The number of carbonyl (C=O) groups excluding carboxylic acids is 1. The minimum absolute atomic E-state index is 0.108. The molecule has 0 saturated heterocycles. The lowest BCUT2D eigenvalue weighted by atomic mass is 10.0. The number of carbonyl (C=O) groups is 1. The molecule has 0 aromatic heterocycles. The second-order valence-electron chi connectivity index (χ2n) is 5.12. The maximum atomic E-state index is 12.7. The molecule has 2 nitrogen and oxygen atoms in total. The van der Waals surface area contributed by atoms with Gasteiger partial charge in [0.05, 0.1) is 6.04 Å². The van der Waals surface area contributed by atoms with E-state index in [2.05, 4.69) is 30.9 Å². The number of likely N-dealkylation sites (N-methyl/N-ethyl adjacent to an activating group) is 1. The third-order valence-corrected chi connectivity index (χ3v) is 3.99. The zero-order chi connectivity index (χ0) is 15.4. The van der Waals surface area contributed by atoms with Gasteiger partial charge in [0.25, 0.3) is 0 Å². The summed E-state index contributed by atoms with van der Waals surface area (Å²) in [5.41, 5.74) is 2.98. The predicted molar refractivity (Wildman–Crippen MR) is 89.4 cm³/mol. The third-order valence-electron chi connectivity index (χ3n) is 3.74. The van der Waals surface area contributed by atoms with E-state index in [0.29, 0.717) is 10.6 Å². The summed E-state index contributed by atoms with van der Waals surface area (Å²) in [4.78, 5) is 14.8. The molecule has 0 aliphatic heterocycles. The first-order chi connectivity index (χ1) is 10.0. The lowest BCUT2D eigenvalue weighted by molar-refractivity contribution is 0.0964. The Balaban J connectivity index is 2.28. The Morgan fingerprint density at radius 2 is 1.76 bits per heavy atom. The smallest absolute Gasteiger partial charge is 0.184 e. The van der Waals surface area contributed by atoms with E-state index in [9.17, 15) is 4.79 Å². The highest BCUT2D eigenvalue weighted by molar-refractivity contribution is 6.30. The zero-order valence-corrected chi connectivity index (χ0v) is 13.4. The van der Waals surface area contributed by atoms with Crippen LogP contribution < -0.4 is 4.90 Å². The van der Waals surface area contributed by atoms with Crippen molar-refractivity contribution in [2.45, 2.75) is 26.8 Å². The Morgan fingerprint density at radius 3 is 2.33 bits per heavy atom. The van der Waals surface area contributed by atoms with Crippen molar-refractivity contribution in [2.24, 2.45) is 0 Å². The largest absolute Gasteiger partial charge is 0.361 e. The van der Waals surface area contributed by atoms with Gasteiger partial charge in [-0.25, -0.2) is 0 Å². The molecule has 0 aliphatic rings. The van der Waals surface area contributed by atoms with Crippen molar-refractivity contribution in [3.8, 4) is 0 Å². The van der Waals surface area contributed by atoms with Crippen molar-refractivity contribution in [1.29, 1.82) is 0 Å². The van der Waals surface area contributed by atoms with Crippen LogP contribution in [0.4, 0.5) is 5.69 Å². The highest BCUT2D eigenvalue weighted by atomic mass is 35.5. The molecule has 0 amide bonds. The van der Waals surface area contributed by atoms with Crippen LogP contribution in [0.25, 0.3) is 0 Å². The summed E-state index contributed by atoms with van der Waals surface area (Å²) in [6.45, 7) is 6.87. The molecule has 0 radical (unpaired) electrons. The van der Waals surface area contributed by atoms with Gasteiger partial charge in [-0.3, -0.25) is 4.79 Å². The van der Waals surface area contributed by atoms with Crippen LogP contribution in [-0.2, 0) is 0 Å². The van der Waals surface area contributed by atoms with E-state index in [1.165, 1.54) is 5.56 Å². The average Bonchev–Trinajstić information content (AvgIpc) is 2.50. The molecule has 0 bridgehead atoms. The average molecular weight is 302 g/mol. The number of ketones is 1. The third kappa shape index (κ3) is 3.45. The summed E-state index contributed by atoms with van der Waals surface area (Å²) in [5, 5.41) is 0.644. The molecule has 2 rings (SSSR count). The first-order valence-corrected chi connectivity index (χ1v) is 7.54. The number of anilines is 1. The predicted octanol–water partition coefficient (Wildman–Crippen LogP) is 4.75. The minimum Gasteiger partial charge on any atom is -0.361 e. The van der Waals surface area contributed by atoms with Gasteiger partial charge in [0.2, 0.25) is 0 Å². The van der Waals surface area contributed by atoms with Crippen molar-refractivity contribution >= 4 is 23.1 Å². The molecule has 0 N–H and O–H groups in total. The fraction of sp³-hybridized carbons (Fsp3) is 0.278. The first-order valence-electron chi connectivity index (χ1n) is 7.16. The highest BCUT2D eigenvalue weighted by Crippen LogP contribution is 2.23. The molecule has 2 aromatic carbocycles. The summed E-state index contributed by atoms with van der Waals surface area (Å²) >= 11 is 5.88. The van der Waals surface area contributed by atoms with Crippen molar-refractivity contribution in [3.05, 3.63) is 64.7 Å². The van der Waals surface area contributed by atoms with Crippen LogP contribution in [0.2, 0.25) is 5.02 Å². The molecule has 2 aromatic rings. The van der Waals surface area contributed by atoms with Crippen molar-refractivity contribution in [3.63, 3.8) is 0 Å². The van der Waals surface area contributed by atoms with Gasteiger partial charge in [-0.15, -0.1) is 0 Å². The molecule has 0 saturated carbocycles. The number of aryl methyl sites for hydroxylation is 1. The number of Topliss-reactive ketones (excluding diaryl/α,β-unsaturated/α-hetero) is 1. The number of hydrogen-bond donors (Lipinski definition) is 0. The molecular weight excluding hydrogens is 282 g/mol. The second-order valence-corrected chi connectivity index (χ2v) is 5.56. The van der Waals surface area contributed by atoms with Crippen molar-refractivity contribution in [2.75, 3.05) is 11.4 Å². The van der Waals surface area contributed by atoms with E-state index in [4.69, 9.17) is 11.6 Å². The Bertz CT molecular complexity index is 621. The monoisotopic (exact) mass is 301 g/mol. The summed E-state index contributed by atoms with van der Waals surface area (Å²) in [7, 11) is 0. The maximum Gasteiger partial charge on any atom is 0.184 e. The SMILES string of the molecule is CCN(c1ccccc1C)C(C)C(=O)c1ccc(Cl)cc1. The highest BCUT2D eigenvalue weighted by Gasteiger charge is 2.22. The van der Waals surface area contributed by atoms with Crippen molar-refractivity contribution < 1.29 is 4.79 Å². The summed E-state index contributed by atoms with van der Waals surface area (Å²) < 4.78 is 0. The van der Waals surface area contributed by atoms with Crippen LogP contribution in [0.3, 0.4) is 0 Å².